The fourth-order valence-electron chi connectivity index (χ4n) is 4.03. The molecule has 4 rings (SSSR count). The Morgan fingerprint density at radius 3 is 2.34 bits per heavy atom. The number of aromatic carboxylic acids is 1. The largest absolute Gasteiger partial charge is 0.508 e. The minimum Gasteiger partial charge on any atom is -0.508 e. The Hall–Kier alpha value is -5.19. The highest BCUT2D eigenvalue weighted by molar-refractivity contribution is 6.09. The number of rotatable bonds is 9. The molecule has 1 aliphatic carbocycles. The van der Waals surface area contributed by atoms with Gasteiger partial charge in [0, 0.05) is 60.1 Å². The van der Waals surface area contributed by atoms with Gasteiger partial charge in [-0.1, -0.05) is 6.07 Å². The summed E-state index contributed by atoms with van der Waals surface area (Å²) in [7, 11) is 0. The van der Waals surface area contributed by atoms with Crippen molar-refractivity contribution in [3.63, 3.8) is 0 Å². The van der Waals surface area contributed by atoms with Crippen LogP contribution in [0.3, 0.4) is 0 Å². The number of carbonyl (C=O) groups excluding carboxylic acids is 3. The normalized spacial score (nSPS) is 10.8. The molecule has 11 nitrogen and oxygen atoms in total. The molecule has 2 aromatic rings. The zero-order chi connectivity index (χ0) is 27.4. The van der Waals surface area contributed by atoms with E-state index >= 15 is 0 Å². The lowest BCUT2D eigenvalue weighted by atomic mass is 9.90. The third-order valence-electron chi connectivity index (χ3n) is 5.79. The first-order valence-electron chi connectivity index (χ1n) is 11.5. The zero-order valence-corrected chi connectivity index (χ0v) is 19.9. The minimum atomic E-state index is -1.29. The highest BCUT2D eigenvalue weighted by Crippen LogP contribution is 2.42. The molecule has 0 bridgehead atoms. The van der Waals surface area contributed by atoms with Crippen LogP contribution in [0.2, 0.25) is 0 Å². The van der Waals surface area contributed by atoms with Crippen molar-refractivity contribution >= 4 is 34.7 Å². The maximum Gasteiger partial charge on any atom is 0.336 e. The van der Waals surface area contributed by atoms with E-state index in [2.05, 4.69) is 10.6 Å². The fraction of sp³-hybridized carbons (Fsp3) is 0.148. The second-order valence-corrected chi connectivity index (χ2v) is 8.45. The van der Waals surface area contributed by atoms with Gasteiger partial charge in [0.2, 0.25) is 11.8 Å². The number of primary amides is 1. The molecule has 1 heterocycles. The maximum absolute atomic E-state index is 12.7. The average Bonchev–Trinajstić information content (AvgIpc) is 2.86. The number of carboxylic acids is 1. The van der Waals surface area contributed by atoms with Crippen LogP contribution in [0.15, 0.2) is 63.8 Å². The number of carbonyl (C=O) groups is 4. The lowest BCUT2D eigenvalue weighted by Gasteiger charge is -2.17. The molecule has 38 heavy (non-hydrogen) atoms. The second-order valence-electron chi connectivity index (χ2n) is 8.45. The molecular weight excluding hydrogens is 494 g/mol. The van der Waals surface area contributed by atoms with Gasteiger partial charge < -0.3 is 31.0 Å². The van der Waals surface area contributed by atoms with Crippen molar-refractivity contribution in [3.05, 3.63) is 75.9 Å². The summed E-state index contributed by atoms with van der Waals surface area (Å²) in [6, 6.07) is 12.7. The van der Waals surface area contributed by atoms with Gasteiger partial charge in [-0.05, 0) is 42.0 Å². The summed E-state index contributed by atoms with van der Waals surface area (Å²) in [5, 5.41) is 25.5. The number of amides is 3. The molecule has 3 amide bonds. The molecular formula is C27H23N3O8. The minimum absolute atomic E-state index is 0.00169. The Labute approximate surface area is 215 Å². The van der Waals surface area contributed by atoms with Crippen molar-refractivity contribution < 1.29 is 33.8 Å². The summed E-state index contributed by atoms with van der Waals surface area (Å²) in [6.45, 7) is 0.0826. The number of nitrogens with two attached hydrogens (primary N) is 1. The Kier molecular flexibility index (Phi) is 7.38. The molecule has 11 heteroatoms. The van der Waals surface area contributed by atoms with E-state index in [1.54, 1.807) is 6.07 Å². The Morgan fingerprint density at radius 2 is 1.61 bits per heavy atom. The van der Waals surface area contributed by atoms with Gasteiger partial charge in [-0.15, -0.1) is 0 Å². The number of hydrogen-bond donors (Lipinski definition) is 5. The van der Waals surface area contributed by atoms with Crippen LogP contribution in [0.1, 0.15) is 33.6 Å². The van der Waals surface area contributed by atoms with Gasteiger partial charge in [0.05, 0.1) is 5.56 Å². The van der Waals surface area contributed by atoms with Crippen LogP contribution in [0, 0.1) is 0 Å². The molecule has 1 aliphatic heterocycles. The molecule has 6 N–H and O–H groups in total. The maximum atomic E-state index is 12.7. The van der Waals surface area contributed by atoms with Gasteiger partial charge in [0.15, 0.2) is 5.43 Å². The number of hydrogen-bond acceptors (Lipinski definition) is 7. The van der Waals surface area contributed by atoms with Crippen molar-refractivity contribution in [1.82, 2.24) is 10.6 Å². The number of phenols is 1. The molecule has 0 saturated heterocycles. The molecule has 0 atom stereocenters. The van der Waals surface area contributed by atoms with Gasteiger partial charge in [-0.25, -0.2) is 4.79 Å². The van der Waals surface area contributed by atoms with Crippen molar-refractivity contribution in [2.45, 2.75) is 12.8 Å². The van der Waals surface area contributed by atoms with Gasteiger partial charge in [0.1, 0.15) is 17.1 Å². The predicted octanol–water partition coefficient (Wildman–Crippen LogP) is 2.08. The Morgan fingerprint density at radius 1 is 0.868 bits per heavy atom. The fourth-order valence-corrected chi connectivity index (χ4v) is 4.03. The first-order chi connectivity index (χ1) is 18.1. The van der Waals surface area contributed by atoms with Crippen LogP contribution in [-0.4, -0.2) is 47.0 Å². The molecule has 0 radical (unpaired) electrons. The number of nitrogens with one attached hydrogen (secondary N) is 2. The molecule has 0 fully saturated rings. The lowest BCUT2D eigenvalue weighted by molar-refractivity contribution is -0.121. The van der Waals surface area contributed by atoms with Crippen molar-refractivity contribution in [1.29, 1.82) is 0 Å². The number of phenolic OH excluding ortho intramolecular Hbond substituents is 1. The molecule has 0 spiro atoms. The number of carboxylic acid groups (broad SMARTS) is 1. The average molecular weight is 517 g/mol. The third-order valence-corrected chi connectivity index (χ3v) is 5.79. The highest BCUT2D eigenvalue weighted by atomic mass is 16.4. The third kappa shape index (κ3) is 5.62. The van der Waals surface area contributed by atoms with E-state index in [-0.39, 0.29) is 71.1 Å². The molecule has 2 aliphatic rings. The van der Waals surface area contributed by atoms with Crippen LogP contribution in [-0.2, 0) is 9.59 Å². The second kappa shape index (κ2) is 10.8. The van der Waals surface area contributed by atoms with Crippen molar-refractivity contribution in [3.8, 4) is 28.2 Å². The van der Waals surface area contributed by atoms with E-state index < -0.39 is 17.8 Å². The van der Waals surface area contributed by atoms with E-state index in [1.807, 2.05) is 0 Å². The monoisotopic (exact) mass is 517 g/mol. The Balaban J connectivity index is 1.66. The van der Waals surface area contributed by atoms with Gasteiger partial charge in [-0.2, -0.15) is 0 Å². The summed E-state index contributed by atoms with van der Waals surface area (Å²) in [4.78, 5) is 59.4. The van der Waals surface area contributed by atoms with Gasteiger partial charge >= 0.3 is 5.97 Å². The van der Waals surface area contributed by atoms with Gasteiger partial charge in [0.25, 0.3) is 5.91 Å². The quantitative estimate of drug-likeness (QED) is 0.209. The predicted molar refractivity (Wildman–Crippen MR) is 137 cm³/mol. The summed E-state index contributed by atoms with van der Waals surface area (Å²) in [5.41, 5.74) is 6.05. The van der Waals surface area contributed by atoms with Crippen LogP contribution in [0.5, 0.6) is 5.75 Å². The standard InChI is InChI=1S/C27H23N3O8/c28-23(33)7-9-29-24(34)8-10-30-26(35)14-1-4-17(20(11-14)27(36)37)25-18-5-2-15(31)12-21(18)38-22-13-16(32)3-6-19(22)25/h1-6,11-13,31H,7-10H2,(H2,28,33)(H,29,34)(H,30,35)(H,36,37). The molecule has 2 aromatic carbocycles. The van der Waals surface area contributed by atoms with Crippen molar-refractivity contribution in [2.75, 3.05) is 13.1 Å². The van der Waals surface area contributed by atoms with E-state index in [4.69, 9.17) is 10.2 Å². The van der Waals surface area contributed by atoms with Crippen LogP contribution in [0.4, 0.5) is 0 Å². The SMILES string of the molecule is NC(=O)CCNC(=O)CCNC(=O)c1ccc(-c2c3ccc(=O)cc-3oc3cc(O)ccc23)c(C(=O)O)c1. The smallest absolute Gasteiger partial charge is 0.336 e. The van der Waals surface area contributed by atoms with E-state index in [0.29, 0.717) is 16.5 Å². The lowest BCUT2D eigenvalue weighted by Crippen LogP contribution is -2.32. The summed E-state index contributed by atoms with van der Waals surface area (Å²) in [6.07, 6.45) is -0.0455. The highest BCUT2D eigenvalue weighted by Gasteiger charge is 2.23. The first-order valence-corrected chi connectivity index (χ1v) is 11.5. The molecule has 0 aromatic heterocycles. The van der Waals surface area contributed by atoms with E-state index in [1.165, 1.54) is 48.5 Å². The summed E-state index contributed by atoms with van der Waals surface area (Å²) < 4.78 is 5.80. The first kappa shape index (κ1) is 25.9. The van der Waals surface area contributed by atoms with Crippen LogP contribution >= 0.6 is 0 Å². The molecule has 194 valence electrons. The van der Waals surface area contributed by atoms with Gasteiger partial charge in [-0.3, -0.25) is 19.2 Å². The van der Waals surface area contributed by atoms with Crippen LogP contribution in [0.25, 0.3) is 33.4 Å². The van der Waals surface area contributed by atoms with E-state index in [9.17, 15) is 34.2 Å². The van der Waals surface area contributed by atoms with Crippen molar-refractivity contribution in [2.24, 2.45) is 5.73 Å². The van der Waals surface area contributed by atoms with Crippen LogP contribution < -0.4 is 21.8 Å². The number of fused-ring (bicyclic) bond motifs is 2. The summed E-state index contributed by atoms with van der Waals surface area (Å²) >= 11 is 0. The Bertz CT molecular complexity index is 1610. The number of aromatic hydroxyl groups is 1. The molecule has 0 unspecified atom stereocenters. The number of benzene rings is 3. The van der Waals surface area contributed by atoms with E-state index in [0.717, 1.165) is 0 Å². The zero-order valence-electron chi connectivity index (χ0n) is 19.9. The summed E-state index contributed by atoms with van der Waals surface area (Å²) in [5.74, 6) is -2.66. The topological polar surface area (TPSA) is 189 Å². The molecule has 0 saturated carbocycles.